The molecular weight excluding hydrogens is 300 g/mol. The number of hydrogen-bond acceptors (Lipinski definition) is 4. The molecule has 0 aliphatic rings. The largest absolute Gasteiger partial charge is 0.334 e. The van der Waals surface area contributed by atoms with E-state index in [0.29, 0.717) is 16.8 Å². The van der Waals surface area contributed by atoms with E-state index < -0.39 is 10.0 Å². The molecule has 22 heavy (non-hydrogen) atoms. The van der Waals surface area contributed by atoms with E-state index in [2.05, 4.69) is 9.71 Å². The van der Waals surface area contributed by atoms with E-state index in [9.17, 15) is 8.42 Å². The van der Waals surface area contributed by atoms with Crippen LogP contribution in [-0.4, -0.2) is 18.0 Å². The van der Waals surface area contributed by atoms with E-state index in [-0.39, 0.29) is 4.90 Å². The van der Waals surface area contributed by atoms with Crippen molar-refractivity contribution in [2.75, 3.05) is 4.72 Å². The van der Waals surface area contributed by atoms with Crippen molar-refractivity contribution in [3.05, 3.63) is 54.4 Å². The van der Waals surface area contributed by atoms with Crippen LogP contribution in [0.1, 0.15) is 5.56 Å². The number of anilines is 1. The van der Waals surface area contributed by atoms with Crippen molar-refractivity contribution in [1.29, 1.82) is 5.26 Å². The van der Waals surface area contributed by atoms with Gasteiger partial charge in [0.2, 0.25) is 0 Å². The van der Waals surface area contributed by atoms with Crippen LogP contribution in [0.15, 0.2) is 53.7 Å². The van der Waals surface area contributed by atoms with E-state index in [0.717, 1.165) is 5.52 Å². The van der Waals surface area contributed by atoms with Gasteiger partial charge in [-0.25, -0.2) is 13.4 Å². The molecule has 0 spiro atoms. The molecule has 7 heteroatoms. The van der Waals surface area contributed by atoms with Crippen LogP contribution >= 0.6 is 0 Å². The first-order chi connectivity index (χ1) is 10.5. The molecular formula is C15H12N4O2S. The molecule has 6 nitrogen and oxygen atoms in total. The van der Waals surface area contributed by atoms with Crippen LogP contribution < -0.4 is 4.72 Å². The van der Waals surface area contributed by atoms with E-state index in [1.54, 1.807) is 30.6 Å². The van der Waals surface area contributed by atoms with E-state index in [4.69, 9.17) is 5.26 Å². The summed E-state index contributed by atoms with van der Waals surface area (Å²) >= 11 is 0. The second-order valence-corrected chi connectivity index (χ2v) is 6.49. The number of nitriles is 1. The van der Waals surface area contributed by atoms with Gasteiger partial charge < -0.3 is 4.57 Å². The lowest BCUT2D eigenvalue weighted by atomic mass is 10.2. The monoisotopic (exact) mass is 312 g/mol. The average molecular weight is 312 g/mol. The van der Waals surface area contributed by atoms with Gasteiger partial charge in [0.15, 0.2) is 0 Å². The van der Waals surface area contributed by atoms with Gasteiger partial charge in [-0.1, -0.05) is 6.07 Å². The molecule has 110 valence electrons. The third kappa shape index (κ3) is 2.52. The van der Waals surface area contributed by atoms with Crippen LogP contribution in [0.3, 0.4) is 0 Å². The van der Waals surface area contributed by atoms with Gasteiger partial charge >= 0.3 is 0 Å². The number of fused-ring (bicyclic) bond motifs is 1. The fraction of sp³-hybridized carbons (Fsp3) is 0.0667. The van der Waals surface area contributed by atoms with Crippen LogP contribution in [0, 0.1) is 11.3 Å². The summed E-state index contributed by atoms with van der Waals surface area (Å²) in [5.74, 6) is 0. The lowest BCUT2D eigenvalue weighted by Crippen LogP contribution is -2.13. The smallest absolute Gasteiger partial charge is 0.261 e. The van der Waals surface area contributed by atoms with Gasteiger partial charge in [0.1, 0.15) is 0 Å². The Labute approximate surface area is 127 Å². The van der Waals surface area contributed by atoms with Crippen LogP contribution in [0.4, 0.5) is 5.69 Å². The summed E-state index contributed by atoms with van der Waals surface area (Å²) in [5, 5.41) is 8.86. The van der Waals surface area contributed by atoms with Gasteiger partial charge in [0.25, 0.3) is 10.0 Å². The van der Waals surface area contributed by atoms with Gasteiger partial charge in [0, 0.05) is 7.05 Å². The molecule has 0 bridgehead atoms. The molecule has 0 radical (unpaired) electrons. The number of imidazole rings is 1. The minimum Gasteiger partial charge on any atom is -0.334 e. The molecule has 1 heterocycles. The fourth-order valence-corrected chi connectivity index (χ4v) is 3.22. The topological polar surface area (TPSA) is 87.8 Å². The molecule has 0 saturated heterocycles. The van der Waals surface area contributed by atoms with Crippen molar-refractivity contribution in [2.45, 2.75) is 4.90 Å². The Morgan fingerprint density at radius 1 is 1.23 bits per heavy atom. The Morgan fingerprint density at radius 3 is 2.82 bits per heavy atom. The van der Waals surface area contributed by atoms with Crippen molar-refractivity contribution in [2.24, 2.45) is 7.05 Å². The summed E-state index contributed by atoms with van der Waals surface area (Å²) in [6, 6.07) is 13.0. The van der Waals surface area contributed by atoms with Gasteiger partial charge in [-0.2, -0.15) is 5.26 Å². The highest BCUT2D eigenvalue weighted by atomic mass is 32.2. The highest BCUT2D eigenvalue weighted by molar-refractivity contribution is 7.92. The molecule has 3 aromatic rings. The number of nitrogens with one attached hydrogen (secondary N) is 1. The maximum absolute atomic E-state index is 12.4. The standard InChI is InChI=1S/C15H12N4O2S/c1-19-10-17-14-8-13(5-6-15(14)19)22(20,21)18-12-4-2-3-11(7-12)9-16/h2-8,10,18H,1H3. The SMILES string of the molecule is Cn1cnc2cc(S(=O)(=O)Nc3cccc(C#N)c3)ccc21. The number of nitrogens with zero attached hydrogens (tertiary/aromatic N) is 3. The Balaban J connectivity index is 1.98. The van der Waals surface area contributed by atoms with Crippen LogP contribution in [0.2, 0.25) is 0 Å². The number of benzene rings is 2. The Bertz CT molecular complexity index is 1000. The number of hydrogen-bond donors (Lipinski definition) is 1. The number of rotatable bonds is 3. The number of aromatic nitrogens is 2. The Morgan fingerprint density at radius 2 is 2.05 bits per heavy atom. The lowest BCUT2D eigenvalue weighted by Gasteiger charge is -2.08. The lowest BCUT2D eigenvalue weighted by molar-refractivity contribution is 0.601. The molecule has 3 rings (SSSR count). The van der Waals surface area contributed by atoms with E-state index in [1.807, 2.05) is 17.7 Å². The maximum Gasteiger partial charge on any atom is 0.261 e. The molecule has 2 aromatic carbocycles. The van der Waals surface area contributed by atoms with Crippen molar-refractivity contribution >= 4 is 26.7 Å². The predicted molar refractivity (Wildman–Crippen MR) is 82.7 cm³/mol. The molecule has 0 fully saturated rings. The molecule has 1 N–H and O–H groups in total. The molecule has 0 unspecified atom stereocenters. The fourth-order valence-electron chi connectivity index (χ4n) is 2.15. The van der Waals surface area contributed by atoms with Crippen molar-refractivity contribution < 1.29 is 8.42 Å². The van der Waals surface area contributed by atoms with Gasteiger partial charge in [-0.15, -0.1) is 0 Å². The molecule has 1 aromatic heterocycles. The van der Waals surface area contributed by atoms with Gasteiger partial charge in [0.05, 0.1) is 39.6 Å². The molecule has 0 aliphatic heterocycles. The van der Waals surface area contributed by atoms with Gasteiger partial charge in [-0.3, -0.25) is 4.72 Å². The first-order valence-corrected chi connectivity index (χ1v) is 7.92. The maximum atomic E-state index is 12.4. The summed E-state index contributed by atoms with van der Waals surface area (Å²) in [5.41, 5.74) is 2.20. The van der Waals surface area contributed by atoms with Crippen molar-refractivity contribution in [3.8, 4) is 6.07 Å². The zero-order valence-corrected chi connectivity index (χ0v) is 12.5. The molecule has 0 atom stereocenters. The molecule has 0 saturated carbocycles. The Hall–Kier alpha value is -2.85. The zero-order chi connectivity index (χ0) is 15.7. The minimum absolute atomic E-state index is 0.126. The number of aryl methyl sites for hydroxylation is 1. The van der Waals surface area contributed by atoms with E-state index >= 15 is 0 Å². The second kappa shape index (κ2) is 5.16. The highest BCUT2D eigenvalue weighted by Crippen LogP contribution is 2.20. The molecule has 0 aliphatic carbocycles. The minimum atomic E-state index is -3.73. The summed E-state index contributed by atoms with van der Waals surface area (Å²) < 4.78 is 29.1. The summed E-state index contributed by atoms with van der Waals surface area (Å²) in [6.07, 6.45) is 1.63. The molecule has 0 amide bonds. The third-order valence-corrected chi connectivity index (χ3v) is 4.63. The van der Waals surface area contributed by atoms with Crippen molar-refractivity contribution in [1.82, 2.24) is 9.55 Å². The van der Waals surface area contributed by atoms with Crippen LogP contribution in [0.25, 0.3) is 11.0 Å². The van der Waals surface area contributed by atoms with Crippen LogP contribution in [0.5, 0.6) is 0 Å². The number of sulfonamides is 1. The highest BCUT2D eigenvalue weighted by Gasteiger charge is 2.16. The first-order valence-electron chi connectivity index (χ1n) is 6.44. The quantitative estimate of drug-likeness (QED) is 0.803. The second-order valence-electron chi connectivity index (χ2n) is 4.80. The average Bonchev–Trinajstić information content (AvgIpc) is 2.88. The van der Waals surface area contributed by atoms with Gasteiger partial charge in [-0.05, 0) is 36.4 Å². The third-order valence-electron chi connectivity index (χ3n) is 3.25. The predicted octanol–water partition coefficient (Wildman–Crippen LogP) is 2.25. The first kappa shape index (κ1) is 14.1. The van der Waals surface area contributed by atoms with E-state index in [1.165, 1.54) is 18.2 Å². The summed E-state index contributed by atoms with van der Waals surface area (Å²) in [7, 11) is -1.89. The summed E-state index contributed by atoms with van der Waals surface area (Å²) in [6.45, 7) is 0. The summed E-state index contributed by atoms with van der Waals surface area (Å²) in [4.78, 5) is 4.28. The van der Waals surface area contributed by atoms with Crippen molar-refractivity contribution in [3.63, 3.8) is 0 Å². The normalized spacial score (nSPS) is 11.3. The Kier molecular flexibility index (Phi) is 3.31. The van der Waals surface area contributed by atoms with Crippen LogP contribution in [-0.2, 0) is 17.1 Å². The zero-order valence-electron chi connectivity index (χ0n) is 11.7.